The Balaban J connectivity index is 2.59. The summed E-state index contributed by atoms with van der Waals surface area (Å²) in [4.78, 5) is 25.3. The number of aliphatic hydroxyl groups excluding tert-OH is 1. The van der Waals surface area contributed by atoms with Gasteiger partial charge in [0.25, 0.3) is 5.91 Å². The molecule has 1 N–H and O–H groups in total. The summed E-state index contributed by atoms with van der Waals surface area (Å²) in [6.45, 7) is 2.07. The third kappa shape index (κ3) is 6.88. The Hall–Kier alpha value is -1.79. The summed E-state index contributed by atoms with van der Waals surface area (Å²) in [6.07, 6.45) is 0.431. The van der Waals surface area contributed by atoms with E-state index in [1.807, 2.05) is 0 Å². The van der Waals surface area contributed by atoms with Crippen LogP contribution in [-0.2, 0) is 14.3 Å². The number of ether oxygens (including phenoxy) is 2. The van der Waals surface area contributed by atoms with Gasteiger partial charge >= 0.3 is 5.97 Å². The van der Waals surface area contributed by atoms with Crippen molar-refractivity contribution in [1.29, 1.82) is 0 Å². The van der Waals surface area contributed by atoms with Crippen molar-refractivity contribution in [2.45, 2.75) is 13.3 Å². The van der Waals surface area contributed by atoms with Crippen LogP contribution < -0.4 is 4.74 Å². The van der Waals surface area contributed by atoms with E-state index >= 15 is 0 Å². The summed E-state index contributed by atoms with van der Waals surface area (Å²) >= 11 is 5.78. The molecule has 0 aliphatic rings. The Morgan fingerprint density at radius 2 is 1.96 bits per heavy atom. The quantitative estimate of drug-likeness (QED) is 0.691. The zero-order chi connectivity index (χ0) is 17.2. The number of hydrogen-bond donors (Lipinski definition) is 1. The van der Waals surface area contributed by atoms with E-state index in [2.05, 4.69) is 4.74 Å². The van der Waals surface area contributed by atoms with Crippen LogP contribution in [0.4, 0.5) is 0 Å². The van der Waals surface area contributed by atoms with Crippen LogP contribution in [0, 0.1) is 5.92 Å². The van der Waals surface area contributed by atoms with Crippen LogP contribution in [-0.4, -0.2) is 55.3 Å². The predicted octanol–water partition coefficient (Wildman–Crippen LogP) is 1.74. The normalized spacial score (nSPS) is 11.7. The molecule has 1 amide bonds. The van der Waals surface area contributed by atoms with Gasteiger partial charge < -0.3 is 19.5 Å². The van der Waals surface area contributed by atoms with E-state index in [1.165, 1.54) is 12.0 Å². The van der Waals surface area contributed by atoms with E-state index in [9.17, 15) is 9.59 Å². The molecule has 6 nitrogen and oxygen atoms in total. The molecule has 0 aliphatic carbocycles. The number of carbonyl (C=O) groups is 2. The molecule has 0 saturated carbocycles. The lowest BCUT2D eigenvalue weighted by Gasteiger charge is -2.25. The molecule has 23 heavy (non-hydrogen) atoms. The minimum Gasteiger partial charge on any atom is -0.484 e. The Morgan fingerprint density at radius 1 is 1.30 bits per heavy atom. The van der Waals surface area contributed by atoms with Gasteiger partial charge in [0.1, 0.15) is 5.75 Å². The zero-order valence-electron chi connectivity index (χ0n) is 13.3. The number of amides is 1. The molecule has 128 valence electrons. The predicted molar refractivity (Wildman–Crippen MR) is 86.4 cm³/mol. The van der Waals surface area contributed by atoms with Crippen LogP contribution >= 0.6 is 11.6 Å². The molecule has 1 rings (SSSR count). The monoisotopic (exact) mass is 343 g/mol. The maximum absolute atomic E-state index is 12.3. The first-order valence-corrected chi connectivity index (χ1v) is 7.70. The number of hydrogen-bond acceptors (Lipinski definition) is 5. The Morgan fingerprint density at radius 3 is 2.52 bits per heavy atom. The number of nitrogens with zero attached hydrogens (tertiary/aromatic N) is 1. The lowest BCUT2D eigenvalue weighted by molar-refractivity contribution is -0.146. The van der Waals surface area contributed by atoms with E-state index < -0.39 is 5.92 Å². The smallest absolute Gasteiger partial charge is 0.310 e. The average molecular weight is 344 g/mol. The van der Waals surface area contributed by atoms with E-state index in [0.29, 0.717) is 23.7 Å². The minimum absolute atomic E-state index is 0.0333. The van der Waals surface area contributed by atoms with E-state index in [1.54, 1.807) is 31.2 Å². The standard InChI is InChI=1S/C16H22ClNO5/c1-12(16(21)22-2)10-18(8-3-9-19)15(20)11-23-14-6-4-13(17)5-7-14/h4-7,12,19H,3,8-11H2,1-2H3. The van der Waals surface area contributed by atoms with Gasteiger partial charge in [0.2, 0.25) is 0 Å². The van der Waals surface area contributed by atoms with Gasteiger partial charge in [-0.05, 0) is 30.7 Å². The first-order valence-electron chi connectivity index (χ1n) is 7.32. The second-order valence-corrected chi connectivity index (χ2v) is 5.52. The molecule has 0 aliphatic heterocycles. The molecule has 0 saturated heterocycles. The fourth-order valence-corrected chi connectivity index (χ4v) is 2.08. The SMILES string of the molecule is COC(=O)C(C)CN(CCCO)C(=O)COc1ccc(Cl)cc1. The lowest BCUT2D eigenvalue weighted by atomic mass is 10.1. The highest BCUT2D eigenvalue weighted by atomic mass is 35.5. The zero-order valence-corrected chi connectivity index (χ0v) is 14.1. The van der Waals surface area contributed by atoms with Crippen LogP contribution in [0.15, 0.2) is 24.3 Å². The number of benzene rings is 1. The number of aliphatic hydroxyl groups is 1. The van der Waals surface area contributed by atoms with Gasteiger partial charge in [0.15, 0.2) is 6.61 Å². The molecule has 0 heterocycles. The fraction of sp³-hybridized carbons (Fsp3) is 0.500. The van der Waals surface area contributed by atoms with Crippen molar-refractivity contribution in [1.82, 2.24) is 4.90 Å². The molecule has 0 spiro atoms. The topological polar surface area (TPSA) is 76.1 Å². The van der Waals surface area contributed by atoms with Crippen molar-refractivity contribution in [3.05, 3.63) is 29.3 Å². The molecule has 1 aromatic rings. The van der Waals surface area contributed by atoms with E-state index in [-0.39, 0.29) is 31.6 Å². The molecule has 0 aromatic heterocycles. The molecule has 1 aromatic carbocycles. The second kappa shape index (κ2) is 10.1. The van der Waals surface area contributed by atoms with Crippen LogP contribution in [0.1, 0.15) is 13.3 Å². The van der Waals surface area contributed by atoms with Crippen molar-refractivity contribution in [3.63, 3.8) is 0 Å². The number of rotatable bonds is 9. The second-order valence-electron chi connectivity index (χ2n) is 5.08. The summed E-state index contributed by atoms with van der Waals surface area (Å²) in [5.74, 6) is -0.557. The Labute approximate surface area is 140 Å². The molecule has 0 fully saturated rings. The number of esters is 1. The molecule has 0 radical (unpaired) electrons. The molecule has 1 atom stereocenters. The van der Waals surface area contributed by atoms with Crippen LogP contribution in [0.3, 0.4) is 0 Å². The molecule has 0 bridgehead atoms. The molecule has 7 heteroatoms. The molecular weight excluding hydrogens is 322 g/mol. The third-order valence-electron chi connectivity index (χ3n) is 3.21. The van der Waals surface area contributed by atoms with Crippen molar-refractivity contribution in [2.24, 2.45) is 5.92 Å². The van der Waals surface area contributed by atoms with Crippen molar-refractivity contribution < 1.29 is 24.2 Å². The average Bonchev–Trinajstić information content (AvgIpc) is 2.56. The van der Waals surface area contributed by atoms with Gasteiger partial charge in [-0.1, -0.05) is 18.5 Å². The summed E-state index contributed by atoms with van der Waals surface area (Å²) in [5, 5.41) is 9.53. The van der Waals surface area contributed by atoms with Gasteiger partial charge in [0.05, 0.1) is 13.0 Å². The lowest BCUT2D eigenvalue weighted by Crippen LogP contribution is -2.40. The number of carbonyl (C=O) groups excluding carboxylic acids is 2. The van der Waals surface area contributed by atoms with Gasteiger partial charge in [0, 0.05) is 24.7 Å². The first-order chi connectivity index (χ1) is 11.0. The highest BCUT2D eigenvalue weighted by Crippen LogP contribution is 2.15. The highest BCUT2D eigenvalue weighted by Gasteiger charge is 2.21. The largest absolute Gasteiger partial charge is 0.484 e. The van der Waals surface area contributed by atoms with Gasteiger partial charge in [-0.2, -0.15) is 0 Å². The van der Waals surface area contributed by atoms with Crippen LogP contribution in [0.25, 0.3) is 0 Å². The van der Waals surface area contributed by atoms with Gasteiger partial charge in [-0.3, -0.25) is 9.59 Å². The van der Waals surface area contributed by atoms with E-state index in [4.69, 9.17) is 21.4 Å². The van der Waals surface area contributed by atoms with Crippen molar-refractivity contribution >= 4 is 23.5 Å². The van der Waals surface area contributed by atoms with Crippen molar-refractivity contribution in [3.8, 4) is 5.75 Å². The third-order valence-corrected chi connectivity index (χ3v) is 3.46. The molecule has 1 unspecified atom stereocenters. The van der Waals surface area contributed by atoms with Crippen molar-refractivity contribution in [2.75, 3.05) is 33.4 Å². The number of methoxy groups -OCH3 is 1. The fourth-order valence-electron chi connectivity index (χ4n) is 1.95. The Bertz CT molecular complexity index is 506. The van der Waals surface area contributed by atoms with Gasteiger partial charge in [-0.15, -0.1) is 0 Å². The molecular formula is C16H22ClNO5. The van der Waals surface area contributed by atoms with E-state index in [0.717, 1.165) is 0 Å². The number of halogens is 1. The maximum atomic E-state index is 12.3. The summed E-state index contributed by atoms with van der Waals surface area (Å²) < 4.78 is 10.1. The van der Waals surface area contributed by atoms with Crippen LogP contribution in [0.2, 0.25) is 5.02 Å². The summed E-state index contributed by atoms with van der Waals surface area (Å²) in [5.41, 5.74) is 0. The minimum atomic E-state index is -0.446. The summed E-state index contributed by atoms with van der Waals surface area (Å²) in [7, 11) is 1.31. The highest BCUT2D eigenvalue weighted by molar-refractivity contribution is 6.30. The summed E-state index contributed by atoms with van der Waals surface area (Å²) in [6, 6.07) is 6.68. The van der Waals surface area contributed by atoms with Crippen LogP contribution in [0.5, 0.6) is 5.75 Å². The Kier molecular flexibility index (Phi) is 8.43. The van der Waals surface area contributed by atoms with Gasteiger partial charge in [-0.25, -0.2) is 0 Å². The first kappa shape index (κ1) is 19.3. The maximum Gasteiger partial charge on any atom is 0.310 e.